The molecule has 18 rings (SSSR count). The maximum absolute atomic E-state index is 12.2. The first-order valence-electron chi connectivity index (χ1n) is 43.6. The lowest BCUT2D eigenvalue weighted by atomic mass is 10.0. The Morgan fingerprint density at radius 1 is 0.430 bits per heavy atom. The van der Waals surface area contributed by atoms with E-state index in [0.717, 1.165) is 78.5 Å². The van der Waals surface area contributed by atoms with Crippen molar-refractivity contribution in [1.29, 1.82) is 0 Å². The second kappa shape index (κ2) is 42.8. The second-order valence-corrected chi connectivity index (χ2v) is 39.6. The molecule has 6 saturated heterocycles. The summed E-state index contributed by atoms with van der Waals surface area (Å²) < 4.78 is 44.2. The number of aliphatic hydroxyl groups is 13. The van der Waals surface area contributed by atoms with Crippen LogP contribution in [0.25, 0.3) is 0 Å². The summed E-state index contributed by atoms with van der Waals surface area (Å²) in [6.45, 7) is 27.5. The number of hydrogen-bond donors (Lipinski definition) is 22. The fourth-order valence-electron chi connectivity index (χ4n) is 16.4. The van der Waals surface area contributed by atoms with E-state index in [1.807, 2.05) is 27.9 Å². The van der Waals surface area contributed by atoms with Crippen LogP contribution in [0.3, 0.4) is 0 Å². The van der Waals surface area contributed by atoms with E-state index in [-0.39, 0.29) is 67.3 Å². The molecule has 49 nitrogen and oxygen atoms in total. The standard InChI is InChI=1S/C19H30N6O5S.C17H25N5O6S.C16H23N5O4S.C15H21N5O4S.C14H19N5O4S/c1-6-8(2)11(20)18(28)29-7-10-12(26)13(27)17(30-10)25-9(3)31-14-15(24(4)5)22-19(21)23-16(14)25;1-6(2)9(18)16(25)27-5-8-10(23)11(24)15(28-8)22-7(3)29-12-13(22)20-17(19)21-14(12)26-4;1-7-21(15-11(24)10(23)9(6-22)25-15)14-12(26-7)13(19-16(17)20-14)18-8-4-2-3-5-8;1-7-20(14-10(23)9(22)8(6-21)24-14)13-11(25-7)12(17-15(16)18-13)19-4-2-3-5-19;1-5-19(13-9(22)8(21)7(4-20)23-13)12-10(24-5)11(16-6-2-3-6)17-14(15)18-12/h8,10-13,17,26-27H,3,6-7,20H2,1-2,4-5H3,(H2,21,22,23);6,8-11,15,23-24H,3,5,18H2,1-2,4H3,(H2,19,20,21);8-11,15,22-24H,1-6H2,(H3,17,18,19,20);8-10,14,21-23H,1-6H2,(H2,16,17,18);6-9,13,20-22H,1-4H2,(H3,15,16,17,18)/t8?,10-,11+,12-,13-,17-;8-,9+,10-,11-,15-;9-,10-,11-,15-;8-,9-,10-,14-;7-,8-,9-,13-/m11111/s1. The van der Waals surface area contributed by atoms with E-state index in [4.69, 9.17) is 78.0 Å². The Morgan fingerprint density at radius 3 is 1.10 bits per heavy atom. The van der Waals surface area contributed by atoms with Crippen molar-refractivity contribution in [2.24, 2.45) is 23.3 Å². The number of anilines is 14. The minimum Gasteiger partial charge on any atom is -0.480 e. The second-order valence-electron chi connectivity index (χ2n) is 34.2. The van der Waals surface area contributed by atoms with E-state index in [9.17, 15) is 76.0 Å². The van der Waals surface area contributed by atoms with Crippen molar-refractivity contribution in [1.82, 2.24) is 49.8 Å². The zero-order chi connectivity index (χ0) is 97.6. The van der Waals surface area contributed by atoms with Crippen LogP contribution in [0.2, 0.25) is 0 Å². The molecule has 0 spiro atoms. The van der Waals surface area contributed by atoms with Crippen LogP contribution in [0.15, 0.2) is 82.5 Å². The third-order valence-electron chi connectivity index (χ3n) is 24.3. The van der Waals surface area contributed by atoms with E-state index in [1.165, 1.54) is 83.7 Å². The molecular formula is C81H118N26O23S5. The van der Waals surface area contributed by atoms with Gasteiger partial charge in [-0.1, -0.05) is 139 Å². The fourth-order valence-corrected chi connectivity index (χ4v) is 21.4. The highest BCUT2D eigenvalue weighted by molar-refractivity contribution is 8.05. The van der Waals surface area contributed by atoms with Crippen molar-refractivity contribution in [3.8, 4) is 5.88 Å². The largest absolute Gasteiger partial charge is 0.480 e. The molecule has 740 valence electrons. The molecule has 11 aliphatic heterocycles. The minimum atomic E-state index is -1.32. The number of esters is 2. The van der Waals surface area contributed by atoms with Crippen molar-refractivity contribution in [3.63, 3.8) is 0 Å². The van der Waals surface area contributed by atoms with Gasteiger partial charge in [-0.2, -0.15) is 49.8 Å². The van der Waals surface area contributed by atoms with Crippen LogP contribution in [0.5, 0.6) is 5.88 Å². The van der Waals surface area contributed by atoms with Gasteiger partial charge in [0.25, 0.3) is 0 Å². The quantitative estimate of drug-likeness (QED) is 0.0312. The molecule has 54 heteroatoms. The molecule has 0 aromatic carbocycles. The molecule has 2 aliphatic carbocycles. The molecule has 1 unspecified atom stereocenters. The van der Waals surface area contributed by atoms with Crippen molar-refractivity contribution in [2.45, 2.75) is 257 Å². The highest BCUT2D eigenvalue weighted by Crippen LogP contribution is 2.57. The van der Waals surface area contributed by atoms with Gasteiger partial charge in [0.15, 0.2) is 66.0 Å². The van der Waals surface area contributed by atoms with Gasteiger partial charge in [0.2, 0.25) is 35.6 Å². The van der Waals surface area contributed by atoms with E-state index >= 15 is 0 Å². The molecule has 2 saturated carbocycles. The third kappa shape index (κ3) is 21.0. The summed E-state index contributed by atoms with van der Waals surface area (Å²) in [5.74, 6) is 4.23. The number of ether oxygens (including phenoxy) is 8. The smallest absolute Gasteiger partial charge is 0.323 e. The molecule has 0 amide bonds. The predicted molar refractivity (Wildman–Crippen MR) is 501 cm³/mol. The molecule has 29 N–H and O–H groups in total. The highest BCUT2D eigenvalue weighted by atomic mass is 32.2. The molecule has 0 bridgehead atoms. The number of fused-ring (bicyclic) bond motifs is 5. The van der Waals surface area contributed by atoms with E-state index in [1.54, 1.807) is 38.3 Å². The van der Waals surface area contributed by atoms with Gasteiger partial charge in [0.05, 0.1) is 71.7 Å². The Kier molecular flexibility index (Phi) is 32.3. The monoisotopic (exact) mass is 1980 g/mol. The summed E-state index contributed by atoms with van der Waals surface area (Å²) in [4.78, 5) is 82.3. The lowest BCUT2D eigenvalue weighted by Crippen LogP contribution is -2.42. The van der Waals surface area contributed by atoms with Crippen molar-refractivity contribution in [3.05, 3.63) is 58.0 Å². The van der Waals surface area contributed by atoms with Crippen molar-refractivity contribution in [2.75, 3.05) is 141 Å². The van der Waals surface area contributed by atoms with Crippen LogP contribution < -0.4 is 89.8 Å². The molecule has 16 heterocycles. The normalized spacial score (nSPS) is 29.8. The summed E-state index contributed by atoms with van der Waals surface area (Å²) in [6.07, 6.45) is -11.9. The molecule has 5 aromatic heterocycles. The topological polar surface area (TPSA) is 729 Å². The minimum absolute atomic E-state index is 0.0258. The first kappa shape index (κ1) is 102. The van der Waals surface area contributed by atoms with Crippen LogP contribution in [0.4, 0.5) is 82.1 Å². The Morgan fingerprint density at radius 2 is 0.741 bits per heavy atom. The van der Waals surface area contributed by atoms with Gasteiger partial charge in [0, 0.05) is 39.3 Å². The van der Waals surface area contributed by atoms with E-state index < -0.39 is 160 Å². The zero-order valence-electron chi connectivity index (χ0n) is 74.9. The average Bonchev–Trinajstić information content (AvgIpc) is 1.61. The Bertz CT molecular complexity index is 5200. The molecule has 23 atom stereocenters. The SMILES string of the molecule is C=C1Sc2c(N(C)C)nc(N)nc2N1[C@@H]1O[C@H](COC(=O)[C@@H](N)C(C)CC)[C@@H](O)[C@H]1O.C=C1Sc2c(N3CCCC3)nc(N)nc2N1[C@@H]1O[C@H](CO)[C@@H](O)[C@H]1O.C=C1Sc2c(NC3CC3)nc(N)nc2N1[C@@H]1O[C@H](CO)[C@@H](O)[C@H]1O.C=C1Sc2c(NC3CCCC3)nc(N)nc2N1[C@@H]1O[C@H](CO)[C@@H](O)[C@H]1O.C=C1Sc2c(OC)nc(N)nc2N1[C@@H]1O[C@H](COC(=O)[C@@H](N)C(C)C)[C@@H](O)[C@H]1O. The third-order valence-corrected chi connectivity index (χ3v) is 29.3. The lowest BCUT2D eigenvalue weighted by molar-refractivity contribution is -0.152. The maximum Gasteiger partial charge on any atom is 0.323 e. The molecular weight excluding hydrogens is 1870 g/mol. The molecule has 5 aromatic rings. The number of rotatable bonds is 24. The van der Waals surface area contributed by atoms with Gasteiger partial charge < -0.3 is 165 Å². The number of carbonyl (C=O) groups excluding carboxylic acids is 2. The molecule has 8 fully saturated rings. The Balaban J connectivity index is 0.000000136. The summed E-state index contributed by atoms with van der Waals surface area (Å²) in [7, 11) is 5.10. The van der Waals surface area contributed by atoms with Crippen LogP contribution >= 0.6 is 58.8 Å². The van der Waals surface area contributed by atoms with Crippen LogP contribution in [-0.4, -0.2) is 342 Å². The lowest BCUT2D eigenvalue weighted by Gasteiger charge is -2.28. The van der Waals surface area contributed by atoms with E-state index in [2.05, 4.69) is 98.3 Å². The predicted octanol–water partition coefficient (Wildman–Crippen LogP) is -1.53. The van der Waals surface area contributed by atoms with Crippen LogP contribution in [0.1, 0.15) is 85.5 Å². The first-order chi connectivity index (χ1) is 64.2. The van der Waals surface area contributed by atoms with E-state index in [0.29, 0.717) is 93.6 Å². The first-order valence-corrected chi connectivity index (χ1v) is 47.7. The Hall–Kier alpha value is -9.01. The zero-order valence-corrected chi connectivity index (χ0v) is 79.0. The van der Waals surface area contributed by atoms with Gasteiger partial charge in [-0.3, -0.25) is 34.1 Å². The number of nitrogens with two attached hydrogens (primary N) is 7. The number of nitrogen functional groups attached to an aromatic ring is 5. The number of carbonyl (C=O) groups is 2. The summed E-state index contributed by atoms with van der Waals surface area (Å²) in [6, 6.07) is -0.816. The molecule has 13 aliphatic rings. The summed E-state index contributed by atoms with van der Waals surface area (Å²) in [5.41, 5.74) is 40.9. The maximum atomic E-state index is 12.2. The summed E-state index contributed by atoms with van der Waals surface area (Å²) >= 11 is 6.66. The number of nitrogens with one attached hydrogen (secondary N) is 2. The van der Waals surface area contributed by atoms with Crippen LogP contribution in [0, 0.1) is 11.8 Å². The fraction of sp³-hybridized carbons (Fsp3) is 0.605. The molecule has 135 heavy (non-hydrogen) atoms. The number of hydrogen-bond acceptors (Lipinski definition) is 54. The number of thioether (sulfide) groups is 5. The van der Waals surface area contributed by atoms with Gasteiger partial charge in [-0.25, -0.2) is 0 Å². The Labute approximate surface area is 797 Å². The number of nitrogens with zero attached hydrogens (tertiary/aromatic N) is 17. The highest BCUT2D eigenvalue weighted by Gasteiger charge is 2.56. The van der Waals surface area contributed by atoms with Crippen molar-refractivity contribution < 1.29 is 114 Å². The number of aromatic nitrogens is 10. The van der Waals surface area contributed by atoms with Gasteiger partial charge in [0.1, 0.15) is 139 Å². The van der Waals surface area contributed by atoms with Gasteiger partial charge in [-0.05, 0) is 50.4 Å². The number of aliphatic hydroxyl groups excluding tert-OH is 13. The molecule has 0 radical (unpaired) electrons. The average molecular weight is 1980 g/mol. The van der Waals surface area contributed by atoms with Gasteiger partial charge >= 0.3 is 11.9 Å². The van der Waals surface area contributed by atoms with Crippen LogP contribution in [-0.2, 0) is 42.7 Å². The summed E-state index contributed by atoms with van der Waals surface area (Å²) in [5, 5.41) is 141. The van der Waals surface area contributed by atoms with Crippen molar-refractivity contribution >= 4 is 153 Å². The number of methoxy groups -OCH3 is 1. The van der Waals surface area contributed by atoms with Gasteiger partial charge in [-0.15, -0.1) is 0 Å².